The molecule has 2 fully saturated rings. The van der Waals surface area contributed by atoms with Crippen LogP contribution >= 0.6 is 0 Å². The van der Waals surface area contributed by atoms with E-state index in [1.165, 1.54) is 51.9 Å². The first-order valence-corrected chi connectivity index (χ1v) is 7.02. The van der Waals surface area contributed by atoms with Crippen LogP contribution in [0.4, 0.5) is 0 Å². The van der Waals surface area contributed by atoms with Gasteiger partial charge in [-0.2, -0.15) is 0 Å². The van der Waals surface area contributed by atoms with E-state index >= 15 is 0 Å². The predicted molar refractivity (Wildman–Crippen MR) is 69.6 cm³/mol. The van der Waals surface area contributed by atoms with E-state index in [1.54, 1.807) is 0 Å². The van der Waals surface area contributed by atoms with Gasteiger partial charge in [-0.15, -0.1) is 0 Å². The Morgan fingerprint density at radius 3 is 2.69 bits per heavy atom. The van der Waals surface area contributed by atoms with Gasteiger partial charge in [0.1, 0.15) is 0 Å². The summed E-state index contributed by atoms with van der Waals surface area (Å²) < 4.78 is 0. The van der Waals surface area contributed by atoms with E-state index in [9.17, 15) is 0 Å². The largest absolute Gasteiger partial charge is 0.315 e. The monoisotopic (exact) mass is 224 g/mol. The third kappa shape index (κ3) is 3.21. The van der Waals surface area contributed by atoms with Crippen molar-refractivity contribution in [2.45, 2.75) is 52.5 Å². The molecule has 0 amide bonds. The minimum absolute atomic E-state index is 0.558. The summed E-state index contributed by atoms with van der Waals surface area (Å²) in [7, 11) is 0. The molecular formula is C14H28N2. The maximum absolute atomic E-state index is 3.51. The van der Waals surface area contributed by atoms with Crippen LogP contribution in [0.25, 0.3) is 0 Å². The standard InChI is InChI=1S/C14H28N2/c1-12-9-13(11-14(2,3)10-12)16-7-4-5-15-6-8-16/h12-13,15H,4-11H2,1-3H3. The van der Waals surface area contributed by atoms with Crippen LogP contribution in [0, 0.1) is 11.3 Å². The van der Waals surface area contributed by atoms with Crippen molar-refractivity contribution in [3.05, 3.63) is 0 Å². The van der Waals surface area contributed by atoms with Gasteiger partial charge in [0.05, 0.1) is 0 Å². The predicted octanol–water partition coefficient (Wildman–Crippen LogP) is 2.50. The van der Waals surface area contributed by atoms with E-state index in [0.29, 0.717) is 5.41 Å². The van der Waals surface area contributed by atoms with Gasteiger partial charge in [0.2, 0.25) is 0 Å². The van der Waals surface area contributed by atoms with Gasteiger partial charge >= 0.3 is 0 Å². The van der Waals surface area contributed by atoms with E-state index in [1.807, 2.05) is 0 Å². The van der Waals surface area contributed by atoms with Gasteiger partial charge in [0.15, 0.2) is 0 Å². The maximum atomic E-state index is 3.51. The Bertz CT molecular complexity index is 217. The van der Waals surface area contributed by atoms with Gasteiger partial charge in [-0.3, -0.25) is 4.90 Å². The zero-order valence-corrected chi connectivity index (χ0v) is 11.3. The van der Waals surface area contributed by atoms with E-state index in [-0.39, 0.29) is 0 Å². The maximum Gasteiger partial charge on any atom is 0.0110 e. The lowest BCUT2D eigenvalue weighted by Crippen LogP contribution is -2.44. The quantitative estimate of drug-likeness (QED) is 0.736. The highest BCUT2D eigenvalue weighted by Crippen LogP contribution is 2.40. The molecule has 1 saturated heterocycles. The number of hydrogen-bond acceptors (Lipinski definition) is 2. The number of nitrogens with zero attached hydrogens (tertiary/aromatic N) is 1. The molecule has 2 atom stereocenters. The number of nitrogens with one attached hydrogen (secondary N) is 1. The molecule has 0 bridgehead atoms. The van der Waals surface area contributed by atoms with E-state index in [4.69, 9.17) is 0 Å². The van der Waals surface area contributed by atoms with E-state index in [0.717, 1.165) is 12.0 Å². The molecule has 0 aromatic heterocycles. The molecule has 1 aliphatic heterocycles. The average Bonchev–Trinajstić information content (AvgIpc) is 2.42. The average molecular weight is 224 g/mol. The molecular weight excluding hydrogens is 196 g/mol. The lowest BCUT2D eigenvalue weighted by molar-refractivity contribution is 0.0709. The molecule has 1 heterocycles. The molecule has 16 heavy (non-hydrogen) atoms. The van der Waals surface area contributed by atoms with E-state index in [2.05, 4.69) is 31.0 Å². The molecule has 2 heteroatoms. The minimum Gasteiger partial charge on any atom is -0.315 e. The Morgan fingerprint density at radius 2 is 1.94 bits per heavy atom. The zero-order chi connectivity index (χ0) is 11.6. The summed E-state index contributed by atoms with van der Waals surface area (Å²) in [5.74, 6) is 0.907. The molecule has 2 nitrogen and oxygen atoms in total. The lowest BCUT2D eigenvalue weighted by atomic mass is 9.70. The van der Waals surface area contributed by atoms with Crippen molar-refractivity contribution in [3.63, 3.8) is 0 Å². The third-order valence-corrected chi connectivity index (χ3v) is 4.25. The molecule has 1 saturated carbocycles. The van der Waals surface area contributed by atoms with Gasteiger partial charge in [-0.1, -0.05) is 20.8 Å². The second kappa shape index (κ2) is 5.05. The van der Waals surface area contributed by atoms with Crippen molar-refractivity contribution in [3.8, 4) is 0 Å². The summed E-state index contributed by atoms with van der Waals surface area (Å²) >= 11 is 0. The highest BCUT2D eigenvalue weighted by molar-refractivity contribution is 4.88. The summed E-state index contributed by atoms with van der Waals surface area (Å²) in [5.41, 5.74) is 0.558. The fourth-order valence-electron chi connectivity index (χ4n) is 3.81. The number of hydrogen-bond donors (Lipinski definition) is 1. The smallest absolute Gasteiger partial charge is 0.0110 e. The van der Waals surface area contributed by atoms with Crippen LogP contribution in [0.2, 0.25) is 0 Å². The van der Waals surface area contributed by atoms with Crippen LogP contribution < -0.4 is 5.32 Å². The molecule has 94 valence electrons. The Balaban J connectivity index is 1.96. The first-order valence-electron chi connectivity index (χ1n) is 7.02. The van der Waals surface area contributed by atoms with Crippen molar-refractivity contribution >= 4 is 0 Å². The zero-order valence-electron chi connectivity index (χ0n) is 11.3. The van der Waals surface area contributed by atoms with Gasteiger partial charge in [-0.05, 0) is 50.1 Å². The van der Waals surface area contributed by atoms with Gasteiger partial charge in [0, 0.05) is 19.1 Å². The van der Waals surface area contributed by atoms with Crippen LogP contribution in [0.5, 0.6) is 0 Å². The number of rotatable bonds is 1. The Morgan fingerprint density at radius 1 is 1.12 bits per heavy atom. The highest BCUT2D eigenvalue weighted by Gasteiger charge is 2.34. The highest BCUT2D eigenvalue weighted by atomic mass is 15.2. The third-order valence-electron chi connectivity index (χ3n) is 4.25. The Hall–Kier alpha value is -0.0800. The summed E-state index contributed by atoms with van der Waals surface area (Å²) in [6, 6.07) is 0.846. The molecule has 0 radical (unpaired) electrons. The van der Waals surface area contributed by atoms with Crippen molar-refractivity contribution in [1.82, 2.24) is 10.2 Å². The van der Waals surface area contributed by atoms with Gasteiger partial charge in [-0.25, -0.2) is 0 Å². The molecule has 2 aliphatic rings. The van der Waals surface area contributed by atoms with Crippen molar-refractivity contribution < 1.29 is 0 Å². The molecule has 0 aromatic carbocycles. The van der Waals surface area contributed by atoms with Crippen LogP contribution in [0.3, 0.4) is 0 Å². The normalized spacial score (nSPS) is 36.9. The van der Waals surface area contributed by atoms with Crippen molar-refractivity contribution in [1.29, 1.82) is 0 Å². The van der Waals surface area contributed by atoms with E-state index < -0.39 is 0 Å². The first kappa shape index (κ1) is 12.4. The summed E-state index contributed by atoms with van der Waals surface area (Å²) in [6.07, 6.45) is 5.56. The SMILES string of the molecule is CC1CC(N2CCCNCC2)CC(C)(C)C1. The second-order valence-electron chi connectivity index (χ2n) is 6.71. The van der Waals surface area contributed by atoms with Crippen LogP contribution in [-0.2, 0) is 0 Å². The summed E-state index contributed by atoms with van der Waals surface area (Å²) in [5, 5.41) is 3.51. The second-order valence-corrected chi connectivity index (χ2v) is 6.71. The van der Waals surface area contributed by atoms with Crippen LogP contribution in [-0.4, -0.2) is 37.1 Å². The molecule has 0 aromatic rings. The molecule has 1 aliphatic carbocycles. The topological polar surface area (TPSA) is 15.3 Å². The molecule has 2 rings (SSSR count). The molecule has 2 unspecified atom stereocenters. The van der Waals surface area contributed by atoms with Crippen molar-refractivity contribution in [2.24, 2.45) is 11.3 Å². The fourth-order valence-corrected chi connectivity index (χ4v) is 3.81. The minimum atomic E-state index is 0.558. The summed E-state index contributed by atoms with van der Waals surface area (Å²) in [4.78, 5) is 2.75. The first-order chi connectivity index (χ1) is 7.57. The van der Waals surface area contributed by atoms with Gasteiger partial charge < -0.3 is 5.32 Å². The molecule has 0 spiro atoms. The van der Waals surface area contributed by atoms with Crippen molar-refractivity contribution in [2.75, 3.05) is 26.2 Å². The van der Waals surface area contributed by atoms with Crippen LogP contribution in [0.15, 0.2) is 0 Å². The van der Waals surface area contributed by atoms with Crippen LogP contribution in [0.1, 0.15) is 46.5 Å². The lowest BCUT2D eigenvalue weighted by Gasteiger charge is -2.43. The van der Waals surface area contributed by atoms with Gasteiger partial charge in [0.25, 0.3) is 0 Å². The fraction of sp³-hybridized carbons (Fsp3) is 1.00. The Kier molecular flexibility index (Phi) is 3.91. The molecule has 1 N–H and O–H groups in total. The summed E-state index contributed by atoms with van der Waals surface area (Å²) in [6.45, 7) is 12.3. The Labute approximate surface area is 101 Å².